The van der Waals surface area contributed by atoms with Crippen molar-refractivity contribution in [3.05, 3.63) is 112 Å². The summed E-state index contributed by atoms with van der Waals surface area (Å²) in [6, 6.07) is 23.6. The number of amides is 3. The van der Waals surface area contributed by atoms with Crippen LogP contribution in [-0.4, -0.2) is 33.5 Å². The molecular formula is C28H27N5O4. The number of carbonyl (C=O) groups excluding carboxylic acids is 3. The minimum absolute atomic E-state index is 0.0131. The highest BCUT2D eigenvalue weighted by molar-refractivity contribution is 6.05. The molecule has 37 heavy (non-hydrogen) atoms. The van der Waals surface area contributed by atoms with E-state index in [0.717, 1.165) is 5.56 Å². The molecule has 0 spiro atoms. The lowest BCUT2D eigenvalue weighted by Crippen LogP contribution is -2.54. The summed E-state index contributed by atoms with van der Waals surface area (Å²) in [5.74, 6) is -1.93. The minimum atomic E-state index is -0.898. The summed E-state index contributed by atoms with van der Waals surface area (Å²) >= 11 is 0. The van der Waals surface area contributed by atoms with Gasteiger partial charge in [0, 0.05) is 10.9 Å². The van der Waals surface area contributed by atoms with E-state index in [0.29, 0.717) is 16.3 Å². The van der Waals surface area contributed by atoms with Gasteiger partial charge in [0.15, 0.2) is 5.69 Å². The van der Waals surface area contributed by atoms with Gasteiger partial charge in [-0.3, -0.25) is 30.0 Å². The number of nitrogens with one attached hydrogen (secondary N) is 3. The second kappa shape index (κ2) is 11.3. The normalized spacial score (nSPS) is 11.6. The number of nitrogens with zero attached hydrogens (tertiary/aromatic N) is 2. The lowest BCUT2D eigenvalue weighted by molar-refractivity contribution is -0.124. The van der Waals surface area contributed by atoms with Gasteiger partial charge >= 0.3 is 0 Å². The Balaban J connectivity index is 1.54. The first-order valence-corrected chi connectivity index (χ1v) is 11.8. The van der Waals surface area contributed by atoms with Crippen LogP contribution in [0.2, 0.25) is 0 Å². The predicted octanol–water partition coefficient (Wildman–Crippen LogP) is 2.66. The van der Waals surface area contributed by atoms with E-state index in [9.17, 15) is 19.2 Å². The molecule has 0 radical (unpaired) electrons. The Kier molecular flexibility index (Phi) is 7.73. The van der Waals surface area contributed by atoms with E-state index in [1.807, 2.05) is 30.3 Å². The Morgan fingerprint density at radius 1 is 0.784 bits per heavy atom. The molecule has 0 saturated heterocycles. The van der Waals surface area contributed by atoms with Crippen LogP contribution in [0.4, 0.5) is 0 Å². The van der Waals surface area contributed by atoms with Crippen molar-refractivity contribution >= 4 is 28.5 Å². The average molecular weight is 498 g/mol. The predicted molar refractivity (Wildman–Crippen MR) is 140 cm³/mol. The third-order valence-electron chi connectivity index (χ3n) is 5.83. The van der Waals surface area contributed by atoms with E-state index >= 15 is 0 Å². The summed E-state index contributed by atoms with van der Waals surface area (Å²) < 4.78 is 1.23. The number of hydrogen-bond acceptors (Lipinski definition) is 5. The first-order valence-electron chi connectivity index (χ1n) is 11.8. The van der Waals surface area contributed by atoms with Gasteiger partial charge in [-0.15, -0.1) is 0 Å². The Bertz CT molecular complexity index is 1480. The van der Waals surface area contributed by atoms with Crippen LogP contribution in [0.1, 0.15) is 40.3 Å². The van der Waals surface area contributed by atoms with Gasteiger partial charge in [-0.1, -0.05) is 80.6 Å². The van der Waals surface area contributed by atoms with Gasteiger partial charge in [-0.25, -0.2) is 4.68 Å². The molecule has 4 rings (SSSR count). The van der Waals surface area contributed by atoms with Gasteiger partial charge in [0.25, 0.3) is 23.3 Å². The number of rotatable bonds is 7. The van der Waals surface area contributed by atoms with Crippen LogP contribution in [0.5, 0.6) is 0 Å². The molecule has 1 aromatic heterocycles. The van der Waals surface area contributed by atoms with Crippen molar-refractivity contribution in [1.29, 1.82) is 0 Å². The van der Waals surface area contributed by atoms with Crippen LogP contribution in [0.25, 0.3) is 10.8 Å². The summed E-state index contributed by atoms with van der Waals surface area (Å²) in [5.41, 5.74) is 5.69. The zero-order chi connectivity index (χ0) is 26.4. The number of fused-ring (bicyclic) bond motifs is 1. The zero-order valence-corrected chi connectivity index (χ0v) is 20.5. The Morgan fingerprint density at radius 2 is 1.38 bits per heavy atom. The van der Waals surface area contributed by atoms with Crippen molar-refractivity contribution in [1.82, 2.24) is 25.9 Å². The molecule has 9 heteroatoms. The van der Waals surface area contributed by atoms with Crippen molar-refractivity contribution in [2.45, 2.75) is 26.4 Å². The van der Waals surface area contributed by atoms with E-state index in [4.69, 9.17) is 0 Å². The molecule has 1 atom stereocenters. The Hall–Kier alpha value is -4.79. The quantitative estimate of drug-likeness (QED) is 0.339. The molecule has 3 aromatic carbocycles. The van der Waals surface area contributed by atoms with E-state index < -0.39 is 23.8 Å². The summed E-state index contributed by atoms with van der Waals surface area (Å²) in [5, 5.41) is 7.71. The van der Waals surface area contributed by atoms with E-state index in [1.165, 1.54) is 4.68 Å². The number of benzene rings is 3. The lowest BCUT2D eigenvalue weighted by atomic mass is 10.0. The van der Waals surface area contributed by atoms with Crippen molar-refractivity contribution in [2.75, 3.05) is 0 Å². The standard InChI is InChI=1S/C28H27N5O4/c1-18(2)23(29-25(34)20-13-7-4-8-14-20)26(35)30-31-27(36)24-21-15-9-10-16-22(21)28(37)33(32-24)17-19-11-5-3-6-12-19/h3-16,18,23H,17H2,1-2H3,(H,29,34)(H,30,35)(H,31,36). The maximum Gasteiger partial charge on any atom is 0.290 e. The van der Waals surface area contributed by atoms with Crippen LogP contribution in [0.15, 0.2) is 89.7 Å². The maximum atomic E-state index is 13.1. The number of hydrazine groups is 1. The minimum Gasteiger partial charge on any atom is -0.340 e. The average Bonchev–Trinajstić information content (AvgIpc) is 2.92. The molecule has 188 valence electrons. The molecule has 4 aromatic rings. The largest absolute Gasteiger partial charge is 0.340 e. The van der Waals surface area contributed by atoms with Gasteiger partial charge in [0.2, 0.25) is 0 Å². The smallest absolute Gasteiger partial charge is 0.290 e. The molecule has 3 amide bonds. The fourth-order valence-electron chi connectivity index (χ4n) is 3.87. The third kappa shape index (κ3) is 5.90. The second-order valence-corrected chi connectivity index (χ2v) is 8.85. The SMILES string of the molecule is CC(C)C(NC(=O)c1ccccc1)C(=O)NNC(=O)c1nn(Cc2ccccc2)c(=O)c2ccccc12. The van der Waals surface area contributed by atoms with Gasteiger partial charge in [0.05, 0.1) is 11.9 Å². The molecule has 0 saturated carbocycles. The van der Waals surface area contributed by atoms with Crippen molar-refractivity contribution in [3.8, 4) is 0 Å². The van der Waals surface area contributed by atoms with E-state index in [2.05, 4.69) is 21.3 Å². The summed E-state index contributed by atoms with van der Waals surface area (Å²) in [4.78, 5) is 51.6. The molecule has 3 N–H and O–H groups in total. The number of carbonyl (C=O) groups is 3. The Morgan fingerprint density at radius 3 is 2.03 bits per heavy atom. The van der Waals surface area contributed by atoms with Crippen molar-refractivity contribution in [3.63, 3.8) is 0 Å². The topological polar surface area (TPSA) is 122 Å². The third-order valence-corrected chi connectivity index (χ3v) is 5.83. The molecule has 0 aliphatic rings. The molecule has 0 fully saturated rings. The number of hydrogen-bond donors (Lipinski definition) is 3. The van der Waals surface area contributed by atoms with Crippen LogP contribution < -0.4 is 21.7 Å². The fourth-order valence-corrected chi connectivity index (χ4v) is 3.87. The fraction of sp³-hybridized carbons (Fsp3) is 0.179. The highest BCUT2D eigenvalue weighted by atomic mass is 16.2. The zero-order valence-electron chi connectivity index (χ0n) is 20.5. The molecular weight excluding hydrogens is 470 g/mol. The van der Waals surface area contributed by atoms with E-state index in [-0.39, 0.29) is 23.7 Å². The molecule has 9 nitrogen and oxygen atoms in total. The highest BCUT2D eigenvalue weighted by Crippen LogP contribution is 2.14. The van der Waals surface area contributed by atoms with Crippen LogP contribution in [0.3, 0.4) is 0 Å². The van der Waals surface area contributed by atoms with Gasteiger partial charge in [0.1, 0.15) is 6.04 Å². The van der Waals surface area contributed by atoms with Crippen LogP contribution in [0, 0.1) is 5.92 Å². The summed E-state index contributed by atoms with van der Waals surface area (Å²) in [7, 11) is 0. The number of aromatic nitrogens is 2. The molecule has 0 aliphatic carbocycles. The lowest BCUT2D eigenvalue weighted by Gasteiger charge is -2.22. The van der Waals surface area contributed by atoms with E-state index in [1.54, 1.807) is 68.4 Å². The first kappa shape index (κ1) is 25.3. The highest BCUT2D eigenvalue weighted by Gasteiger charge is 2.26. The molecule has 1 heterocycles. The monoisotopic (exact) mass is 497 g/mol. The second-order valence-electron chi connectivity index (χ2n) is 8.85. The summed E-state index contributed by atoms with van der Waals surface area (Å²) in [6.45, 7) is 3.75. The van der Waals surface area contributed by atoms with Crippen LogP contribution in [-0.2, 0) is 11.3 Å². The first-order chi connectivity index (χ1) is 17.8. The Labute approximate surface area is 213 Å². The molecule has 1 unspecified atom stereocenters. The van der Waals surface area contributed by atoms with Crippen molar-refractivity contribution in [2.24, 2.45) is 5.92 Å². The molecule has 0 bridgehead atoms. The van der Waals surface area contributed by atoms with Gasteiger partial charge in [-0.2, -0.15) is 5.10 Å². The van der Waals surface area contributed by atoms with Crippen LogP contribution >= 0.6 is 0 Å². The van der Waals surface area contributed by atoms with Crippen molar-refractivity contribution < 1.29 is 14.4 Å². The summed E-state index contributed by atoms with van der Waals surface area (Å²) in [6.07, 6.45) is 0. The van der Waals surface area contributed by atoms with Gasteiger partial charge in [-0.05, 0) is 29.7 Å². The maximum absolute atomic E-state index is 13.1. The molecule has 0 aliphatic heterocycles. The van der Waals surface area contributed by atoms with Gasteiger partial charge < -0.3 is 5.32 Å².